The van der Waals surface area contributed by atoms with Crippen molar-refractivity contribution in [1.29, 1.82) is 0 Å². The molecule has 62 heavy (non-hydrogen) atoms. The quantitative estimate of drug-likeness (QED) is 0.131. The van der Waals surface area contributed by atoms with Crippen LogP contribution in [-0.4, -0.2) is 27.0 Å². The summed E-state index contributed by atoms with van der Waals surface area (Å²) in [5, 5.41) is 12.3. The topological polar surface area (TPSA) is 63.1 Å². The van der Waals surface area contributed by atoms with Crippen LogP contribution in [-0.2, 0) is 31.3 Å². The molecule has 7 heteroatoms. The third-order valence-corrected chi connectivity index (χ3v) is 13.4. The van der Waals surface area contributed by atoms with E-state index in [2.05, 4.69) is 138 Å². The van der Waals surface area contributed by atoms with Gasteiger partial charge in [-0.1, -0.05) is 128 Å². The summed E-state index contributed by atoms with van der Waals surface area (Å²) in [7, 11) is 0. The van der Waals surface area contributed by atoms with Gasteiger partial charge >= 0.3 is 0 Å². The van der Waals surface area contributed by atoms with Crippen LogP contribution in [0.1, 0.15) is 73.6 Å². The number of rotatable bonds is 11. The van der Waals surface area contributed by atoms with Gasteiger partial charge in [0.15, 0.2) is 0 Å². The number of ketones is 1. The second-order valence-corrected chi connectivity index (χ2v) is 17.7. The maximum Gasteiger partial charge on any atom is 0.132 e. The summed E-state index contributed by atoms with van der Waals surface area (Å²) in [6.07, 6.45) is 7.07. The van der Waals surface area contributed by atoms with E-state index in [-0.39, 0.29) is 32.3 Å². The van der Waals surface area contributed by atoms with Gasteiger partial charge in [-0.25, -0.2) is 22.7 Å². The molecule has 0 fully saturated rings. The van der Waals surface area contributed by atoms with Crippen LogP contribution < -0.4 is 0 Å². The van der Waals surface area contributed by atoms with Crippen LogP contribution in [0.2, 0.25) is 0 Å². The molecule has 9 aromatic rings. The van der Waals surface area contributed by atoms with Crippen LogP contribution in [0.15, 0.2) is 170 Å². The van der Waals surface area contributed by atoms with E-state index in [1.54, 1.807) is 22.7 Å². The smallest absolute Gasteiger partial charge is 0.132 e. The van der Waals surface area contributed by atoms with Gasteiger partial charge in [0, 0.05) is 56.2 Å². The van der Waals surface area contributed by atoms with Crippen molar-refractivity contribution in [1.82, 2.24) is 9.97 Å². The number of aliphatic hydroxyl groups excluding tert-OH is 1. The molecule has 0 bridgehead atoms. The predicted octanol–water partition coefficient (Wildman–Crippen LogP) is 14.2. The predicted molar refractivity (Wildman–Crippen MR) is 255 cm³/mol. The van der Waals surface area contributed by atoms with Gasteiger partial charge in [0.25, 0.3) is 0 Å². The second-order valence-electron chi connectivity index (χ2n) is 15.6. The number of hydrogen-bond donors (Lipinski definition) is 1. The van der Waals surface area contributed by atoms with Crippen molar-refractivity contribution in [3.63, 3.8) is 0 Å². The minimum absolute atomic E-state index is 0. The monoisotopic (exact) mass is 1030 g/mol. The number of nitrogens with zero attached hydrogens (tertiary/aromatic N) is 2. The molecule has 1 aliphatic rings. The number of carbonyl (C=O) groups excluding carboxylic acids is 1. The van der Waals surface area contributed by atoms with Crippen molar-refractivity contribution >= 4 is 48.6 Å². The summed E-state index contributed by atoms with van der Waals surface area (Å²) in [4.78, 5) is 22.0. The molecule has 0 saturated carbocycles. The Bertz CT molecular complexity index is 2600. The van der Waals surface area contributed by atoms with E-state index in [1.807, 2.05) is 60.9 Å². The van der Waals surface area contributed by atoms with Gasteiger partial charge < -0.3 is 15.1 Å². The summed E-state index contributed by atoms with van der Waals surface area (Å²) in [6.45, 7) is 3.85. The van der Waals surface area contributed by atoms with Crippen molar-refractivity contribution in [2.45, 2.75) is 63.9 Å². The van der Waals surface area contributed by atoms with E-state index in [0.717, 1.165) is 40.4 Å². The number of hydrogen-bond acceptors (Lipinski definition) is 6. The molecule has 4 nitrogen and oxygen atoms in total. The van der Waals surface area contributed by atoms with E-state index < -0.39 is 6.10 Å². The Morgan fingerprint density at radius 2 is 1.11 bits per heavy atom. The van der Waals surface area contributed by atoms with Gasteiger partial charge in [-0.15, -0.1) is 47.2 Å². The standard InChI is InChI=1S/C29H32O2.2C13H8NS.Ir/c1-20(23-15-12-22(13-16-23)14-17-24(31)19-21(2)30)11-18-29-27-9-5-3-7-25(27)26-8-4-6-10-28(26)29;2*1-2-7-12-10(5-1)9-13(15-12)11-6-3-4-8-14-11;/h3-10,12-13,15-16,20,24,29,31H,11,14,17-19H2,1-2H3;2*1-8H;/q;2*-1;. The van der Waals surface area contributed by atoms with Gasteiger partial charge in [0.1, 0.15) is 5.78 Å². The summed E-state index contributed by atoms with van der Waals surface area (Å²) in [6, 6.07) is 61.7. The Kier molecular flexibility index (Phi) is 15.6. The van der Waals surface area contributed by atoms with Gasteiger partial charge in [0.2, 0.25) is 0 Å². The number of pyridine rings is 2. The molecule has 0 amide bonds. The van der Waals surface area contributed by atoms with Crippen molar-refractivity contribution in [2.24, 2.45) is 0 Å². The minimum Gasteiger partial charge on any atom is -0.393 e. The summed E-state index contributed by atoms with van der Waals surface area (Å²) in [5.41, 5.74) is 10.3. The average Bonchev–Trinajstić information content (AvgIpc) is 4.03. The molecule has 10 rings (SSSR count). The number of aryl methyl sites for hydroxylation is 1. The van der Waals surface area contributed by atoms with Crippen LogP contribution in [0.4, 0.5) is 0 Å². The number of aromatic nitrogens is 2. The maximum absolute atomic E-state index is 11.1. The number of fused-ring (bicyclic) bond motifs is 5. The fraction of sp³-hybridized carbons (Fsp3) is 0.182. The molecule has 1 N–H and O–H groups in total. The molecule has 5 aromatic carbocycles. The second kappa shape index (κ2) is 21.6. The molecule has 0 spiro atoms. The van der Waals surface area contributed by atoms with Crippen molar-refractivity contribution in [2.75, 3.05) is 0 Å². The first-order chi connectivity index (χ1) is 29.9. The molecular formula is C55H48IrN2O2S2-2. The molecule has 4 aromatic heterocycles. The summed E-state index contributed by atoms with van der Waals surface area (Å²) < 4.78 is 2.52. The summed E-state index contributed by atoms with van der Waals surface area (Å²) >= 11 is 3.46. The van der Waals surface area contributed by atoms with Crippen LogP contribution in [0.5, 0.6) is 0 Å². The minimum atomic E-state index is -0.534. The van der Waals surface area contributed by atoms with Crippen LogP contribution >= 0.6 is 22.7 Å². The van der Waals surface area contributed by atoms with E-state index in [4.69, 9.17) is 0 Å². The fourth-order valence-corrected chi connectivity index (χ4v) is 9.96. The molecule has 2 atom stereocenters. The normalized spacial score (nSPS) is 12.5. The molecule has 1 aliphatic carbocycles. The molecular weight excluding hydrogens is 977 g/mol. The van der Waals surface area contributed by atoms with Gasteiger partial charge in [-0.05, 0) is 103 Å². The van der Waals surface area contributed by atoms with Crippen molar-refractivity contribution in [3.05, 3.63) is 205 Å². The van der Waals surface area contributed by atoms with Gasteiger partial charge in [0.05, 0.1) is 6.10 Å². The molecule has 2 unspecified atom stereocenters. The third kappa shape index (κ3) is 11.2. The molecule has 0 aliphatic heterocycles. The zero-order valence-electron chi connectivity index (χ0n) is 34.8. The Morgan fingerprint density at radius 1 is 0.629 bits per heavy atom. The van der Waals surface area contributed by atoms with Gasteiger partial charge in [-0.2, -0.15) is 0 Å². The third-order valence-electron chi connectivity index (χ3n) is 11.2. The van der Waals surface area contributed by atoms with E-state index >= 15 is 0 Å². The Balaban J connectivity index is 0.000000155. The molecule has 1 radical (unpaired) electrons. The number of carbonyl (C=O) groups is 1. The van der Waals surface area contributed by atoms with Crippen LogP contribution in [0.25, 0.3) is 52.4 Å². The molecule has 0 saturated heterocycles. The maximum atomic E-state index is 11.1. The Hall–Kier alpha value is -5.40. The Labute approximate surface area is 386 Å². The first-order valence-corrected chi connectivity index (χ1v) is 22.6. The number of thiophene rings is 2. The van der Waals surface area contributed by atoms with E-state index in [1.165, 1.54) is 60.5 Å². The number of benzene rings is 5. The summed E-state index contributed by atoms with van der Waals surface area (Å²) in [5.74, 6) is 1.03. The van der Waals surface area contributed by atoms with E-state index in [0.29, 0.717) is 18.3 Å². The van der Waals surface area contributed by atoms with E-state index in [9.17, 15) is 9.90 Å². The number of aliphatic hydroxyl groups is 1. The first kappa shape index (κ1) is 44.6. The molecule has 4 heterocycles. The zero-order valence-corrected chi connectivity index (χ0v) is 38.9. The largest absolute Gasteiger partial charge is 0.393 e. The van der Waals surface area contributed by atoms with Crippen LogP contribution in [0.3, 0.4) is 0 Å². The average molecular weight is 1030 g/mol. The SMILES string of the molecule is CC(=O)CC(O)CCc1ccc(C(C)CCC2c3ccccc3-c3ccccc32)cc1.[Ir].[c-]1c(-c2ccccn2)sc2ccccc12.[c-]1c(-c2ccccn2)sc2ccccc12. The van der Waals surface area contributed by atoms with Crippen molar-refractivity contribution < 1.29 is 30.0 Å². The fourth-order valence-electron chi connectivity index (χ4n) is 7.99. The molecule has 313 valence electrons. The van der Waals surface area contributed by atoms with Crippen LogP contribution in [0, 0.1) is 12.1 Å². The first-order valence-electron chi connectivity index (χ1n) is 21.0. The van der Waals surface area contributed by atoms with Crippen molar-refractivity contribution in [3.8, 4) is 32.3 Å². The zero-order chi connectivity index (χ0) is 42.0. The Morgan fingerprint density at radius 3 is 1.60 bits per heavy atom. The number of Topliss-reactive ketones (excluding diaryl/α,β-unsaturated/α-hetero) is 1. The van der Waals surface area contributed by atoms with Gasteiger partial charge in [-0.3, -0.25) is 4.79 Å².